The Kier molecular flexibility index (Phi) is 8.29. The van der Waals surface area contributed by atoms with Crippen molar-refractivity contribution in [1.82, 2.24) is 14.3 Å². The van der Waals surface area contributed by atoms with Gasteiger partial charge in [0.1, 0.15) is 21.5 Å². The van der Waals surface area contributed by atoms with E-state index in [1.807, 2.05) is 67.6 Å². The Morgan fingerprint density at radius 2 is 1.85 bits per heavy atom. The number of aryl methyl sites for hydroxylation is 1. The van der Waals surface area contributed by atoms with Crippen molar-refractivity contribution in [3.8, 4) is 5.75 Å². The molecule has 5 rings (SSSR count). The van der Waals surface area contributed by atoms with Gasteiger partial charge in [0.05, 0.1) is 23.7 Å². The van der Waals surface area contributed by atoms with Crippen molar-refractivity contribution in [2.75, 3.05) is 25.5 Å². The maximum atomic E-state index is 13.6. The highest BCUT2D eigenvalue weighted by molar-refractivity contribution is 8.26. The molecule has 1 saturated heterocycles. The van der Waals surface area contributed by atoms with Crippen LogP contribution in [0.25, 0.3) is 11.7 Å². The summed E-state index contributed by atoms with van der Waals surface area (Å²) in [5.41, 5.74) is 3.00. The summed E-state index contributed by atoms with van der Waals surface area (Å²) in [4.78, 5) is 33.6. The van der Waals surface area contributed by atoms with E-state index < -0.39 is 6.10 Å². The van der Waals surface area contributed by atoms with E-state index in [-0.39, 0.29) is 29.4 Å². The van der Waals surface area contributed by atoms with E-state index in [9.17, 15) is 14.7 Å². The first-order chi connectivity index (χ1) is 19.4. The van der Waals surface area contributed by atoms with E-state index >= 15 is 0 Å². The van der Waals surface area contributed by atoms with Crippen LogP contribution in [0.2, 0.25) is 0 Å². The van der Waals surface area contributed by atoms with Gasteiger partial charge in [0.15, 0.2) is 0 Å². The van der Waals surface area contributed by atoms with Gasteiger partial charge in [-0.05, 0) is 54.3 Å². The van der Waals surface area contributed by atoms with Crippen molar-refractivity contribution in [1.29, 1.82) is 0 Å². The molecule has 1 aliphatic heterocycles. The number of rotatable bonds is 9. The SMILES string of the molecule is COc1ccc(CCN2C(=O)/C(=C/c3c(NCC(O)c4ccccc4)nc4c(C)cccn4c3=O)SC2=S)cc1. The summed E-state index contributed by atoms with van der Waals surface area (Å²) in [7, 11) is 1.62. The zero-order chi connectivity index (χ0) is 28.2. The van der Waals surface area contributed by atoms with Gasteiger partial charge in [0.2, 0.25) is 0 Å². The second-order valence-corrected chi connectivity index (χ2v) is 11.0. The highest BCUT2D eigenvalue weighted by Crippen LogP contribution is 2.33. The Hall–Kier alpha value is -3.99. The number of anilines is 1. The zero-order valence-electron chi connectivity index (χ0n) is 22.0. The fourth-order valence-electron chi connectivity index (χ4n) is 4.42. The lowest BCUT2D eigenvalue weighted by Gasteiger charge is -2.16. The van der Waals surface area contributed by atoms with Crippen LogP contribution in [-0.2, 0) is 11.2 Å². The highest BCUT2D eigenvalue weighted by atomic mass is 32.2. The number of carbonyl (C=O) groups excluding carboxylic acids is 1. The highest BCUT2D eigenvalue weighted by Gasteiger charge is 2.32. The van der Waals surface area contributed by atoms with Gasteiger partial charge < -0.3 is 15.2 Å². The number of aliphatic hydroxyl groups is 1. The molecule has 1 fully saturated rings. The first-order valence-electron chi connectivity index (χ1n) is 12.7. The number of aliphatic hydroxyl groups excluding tert-OH is 1. The predicted octanol–water partition coefficient (Wildman–Crippen LogP) is 4.60. The molecule has 2 N–H and O–H groups in total. The summed E-state index contributed by atoms with van der Waals surface area (Å²) in [6.45, 7) is 2.41. The second kappa shape index (κ2) is 12.0. The standard InChI is InChI=1S/C30H28N4O4S2/c1-19-7-6-15-33-27(19)32-26(31-18-24(35)21-8-4-3-5-9-21)23(28(33)36)17-25-29(37)34(30(39)40-25)16-14-20-10-12-22(38-2)13-11-20/h3-13,15,17,24,31,35H,14,16,18H2,1-2H3/b25-17-. The molecule has 0 spiro atoms. The van der Waals surface area contributed by atoms with E-state index in [1.165, 1.54) is 4.40 Å². The van der Waals surface area contributed by atoms with Crippen LogP contribution in [0.5, 0.6) is 5.75 Å². The number of nitrogens with zero attached hydrogens (tertiary/aromatic N) is 3. The van der Waals surface area contributed by atoms with E-state index in [4.69, 9.17) is 21.9 Å². The van der Waals surface area contributed by atoms with Gasteiger partial charge in [0.25, 0.3) is 11.5 Å². The van der Waals surface area contributed by atoms with Crippen molar-refractivity contribution in [2.24, 2.45) is 0 Å². The summed E-state index contributed by atoms with van der Waals surface area (Å²) in [5, 5.41) is 13.9. The van der Waals surface area contributed by atoms with Crippen molar-refractivity contribution < 1.29 is 14.6 Å². The minimum Gasteiger partial charge on any atom is -0.497 e. The number of thiocarbonyl (C=S) groups is 1. The molecule has 3 heterocycles. The zero-order valence-corrected chi connectivity index (χ0v) is 23.7. The van der Waals surface area contributed by atoms with E-state index in [1.54, 1.807) is 30.3 Å². The van der Waals surface area contributed by atoms with Crippen LogP contribution < -0.4 is 15.6 Å². The number of carbonyl (C=O) groups is 1. The summed E-state index contributed by atoms with van der Waals surface area (Å²) < 4.78 is 7.11. The molecule has 1 aliphatic rings. The molecular formula is C30H28N4O4S2. The third kappa shape index (κ3) is 5.79. The number of nitrogens with one attached hydrogen (secondary N) is 1. The maximum Gasteiger partial charge on any atom is 0.267 e. The van der Waals surface area contributed by atoms with Crippen molar-refractivity contribution in [3.63, 3.8) is 0 Å². The van der Waals surface area contributed by atoms with Gasteiger partial charge in [-0.3, -0.25) is 18.9 Å². The second-order valence-electron chi connectivity index (χ2n) is 9.30. The molecule has 8 nitrogen and oxygen atoms in total. The molecule has 0 saturated carbocycles. The average Bonchev–Trinajstić information content (AvgIpc) is 3.24. The first kappa shape index (κ1) is 27.6. The van der Waals surface area contributed by atoms with Crippen LogP contribution in [0, 0.1) is 6.92 Å². The number of fused-ring (bicyclic) bond motifs is 1. The quantitative estimate of drug-likeness (QED) is 0.222. The normalized spacial score (nSPS) is 15.2. The van der Waals surface area contributed by atoms with Gasteiger partial charge in [-0.1, -0.05) is 72.5 Å². The van der Waals surface area contributed by atoms with Crippen LogP contribution in [0.1, 0.15) is 28.4 Å². The number of aromatic nitrogens is 2. The number of pyridine rings is 1. The molecule has 0 bridgehead atoms. The molecule has 1 unspecified atom stereocenters. The molecule has 40 heavy (non-hydrogen) atoms. The molecule has 0 aliphatic carbocycles. The smallest absolute Gasteiger partial charge is 0.267 e. The molecule has 1 atom stereocenters. The molecule has 0 radical (unpaired) electrons. The summed E-state index contributed by atoms with van der Waals surface area (Å²) in [6.07, 6.45) is 3.00. The molecule has 2 aromatic heterocycles. The molecule has 1 amide bonds. The third-order valence-electron chi connectivity index (χ3n) is 6.66. The fourth-order valence-corrected chi connectivity index (χ4v) is 5.71. The summed E-state index contributed by atoms with van der Waals surface area (Å²) in [6, 6.07) is 20.6. The minimum absolute atomic E-state index is 0.127. The van der Waals surface area contributed by atoms with Crippen molar-refractivity contribution in [3.05, 3.63) is 110 Å². The number of hydrogen-bond acceptors (Lipinski definition) is 8. The number of amides is 1. The van der Waals surface area contributed by atoms with Gasteiger partial charge in [-0.25, -0.2) is 4.98 Å². The number of thioether (sulfide) groups is 1. The maximum absolute atomic E-state index is 13.6. The van der Waals surface area contributed by atoms with E-state index in [0.29, 0.717) is 27.8 Å². The minimum atomic E-state index is -0.817. The van der Waals surface area contributed by atoms with Gasteiger partial charge in [-0.2, -0.15) is 0 Å². The topological polar surface area (TPSA) is 96.2 Å². The van der Waals surface area contributed by atoms with E-state index in [2.05, 4.69) is 5.32 Å². The summed E-state index contributed by atoms with van der Waals surface area (Å²) >= 11 is 6.69. The van der Waals surface area contributed by atoms with Gasteiger partial charge in [-0.15, -0.1) is 0 Å². The Balaban J connectivity index is 1.43. The van der Waals surface area contributed by atoms with Crippen LogP contribution in [0.3, 0.4) is 0 Å². The Bertz CT molecular complexity index is 1650. The van der Waals surface area contributed by atoms with Crippen LogP contribution >= 0.6 is 24.0 Å². The summed E-state index contributed by atoms with van der Waals surface area (Å²) in [5.74, 6) is 0.800. The Labute approximate surface area is 241 Å². The molecule has 2 aromatic carbocycles. The van der Waals surface area contributed by atoms with Crippen molar-refractivity contribution >= 4 is 51.7 Å². The Morgan fingerprint density at radius 3 is 2.58 bits per heavy atom. The first-order valence-corrected chi connectivity index (χ1v) is 14.0. The average molecular weight is 573 g/mol. The molecule has 10 heteroatoms. The monoisotopic (exact) mass is 572 g/mol. The van der Waals surface area contributed by atoms with E-state index in [0.717, 1.165) is 34.2 Å². The Morgan fingerprint density at radius 1 is 1.10 bits per heavy atom. The molecule has 4 aromatic rings. The number of benzene rings is 2. The van der Waals surface area contributed by atoms with Gasteiger partial charge in [0, 0.05) is 19.3 Å². The van der Waals surface area contributed by atoms with Crippen LogP contribution in [-0.4, -0.2) is 49.8 Å². The number of ether oxygens (including phenoxy) is 1. The largest absolute Gasteiger partial charge is 0.497 e. The van der Waals surface area contributed by atoms with Gasteiger partial charge >= 0.3 is 0 Å². The predicted molar refractivity (Wildman–Crippen MR) is 163 cm³/mol. The lowest BCUT2D eigenvalue weighted by molar-refractivity contribution is -0.122. The molecule has 204 valence electrons. The van der Waals surface area contributed by atoms with Crippen LogP contribution in [0.4, 0.5) is 5.82 Å². The number of hydrogen-bond donors (Lipinski definition) is 2. The lowest BCUT2D eigenvalue weighted by Crippen LogP contribution is -2.30. The number of methoxy groups -OCH3 is 1. The van der Waals surface area contributed by atoms with Crippen LogP contribution in [0.15, 0.2) is 82.6 Å². The lowest BCUT2D eigenvalue weighted by atomic mass is 10.1. The molecular weight excluding hydrogens is 544 g/mol. The van der Waals surface area contributed by atoms with Crippen molar-refractivity contribution in [2.45, 2.75) is 19.4 Å². The third-order valence-corrected chi connectivity index (χ3v) is 8.04. The fraction of sp³-hybridized carbons (Fsp3) is 0.200.